The molecule has 0 N–H and O–H groups in total. The number of rotatable bonds is 3. The van der Waals surface area contributed by atoms with Crippen molar-refractivity contribution < 1.29 is 0 Å². The Bertz CT molecular complexity index is 407. The first-order valence-corrected chi connectivity index (χ1v) is 7.72. The van der Waals surface area contributed by atoms with E-state index in [1.54, 1.807) is 0 Å². The topological polar surface area (TPSA) is 3.24 Å². The minimum Gasteiger partial charge on any atom is -0.302 e. The van der Waals surface area contributed by atoms with Crippen LogP contribution in [0.5, 0.6) is 0 Å². The van der Waals surface area contributed by atoms with Crippen LogP contribution in [-0.4, -0.2) is 24.5 Å². The Labute approximate surface area is 118 Å². The van der Waals surface area contributed by atoms with E-state index in [2.05, 4.69) is 57.2 Å². The molecule has 2 unspecified atom stereocenters. The van der Waals surface area contributed by atoms with Gasteiger partial charge < -0.3 is 4.90 Å². The minimum atomic E-state index is 0.930. The van der Waals surface area contributed by atoms with Crippen LogP contribution in [0.1, 0.15) is 18.4 Å². The second-order valence-corrected chi connectivity index (χ2v) is 6.51. The smallest absolute Gasteiger partial charge is 0.0175 e. The molecule has 1 aliphatic carbocycles. The Balaban J connectivity index is 1.51. The summed E-state index contributed by atoms with van der Waals surface area (Å²) in [4.78, 5) is 2.66. The zero-order valence-electron chi connectivity index (χ0n) is 10.7. The summed E-state index contributed by atoms with van der Waals surface area (Å²) >= 11 is 3.49. The normalized spacial score (nSPS) is 27.4. The number of hydrogen-bond donors (Lipinski definition) is 0. The van der Waals surface area contributed by atoms with Gasteiger partial charge in [-0.3, -0.25) is 0 Å². The highest BCUT2D eigenvalue weighted by molar-refractivity contribution is 9.10. The average molecular weight is 306 g/mol. The predicted molar refractivity (Wildman–Crippen MR) is 79.6 cm³/mol. The largest absolute Gasteiger partial charge is 0.302 e. The molecule has 18 heavy (non-hydrogen) atoms. The Morgan fingerprint density at radius 1 is 1.00 bits per heavy atom. The lowest BCUT2D eigenvalue weighted by molar-refractivity contribution is 0.326. The molecule has 1 aromatic carbocycles. The Kier molecular flexibility index (Phi) is 3.86. The van der Waals surface area contributed by atoms with Crippen LogP contribution in [0.4, 0.5) is 0 Å². The standard InChI is InChI=1S/C16H20BrN/c17-16-7-5-13(6-8-16)9-10-18-11-14-3-1-2-4-15(14)12-18/h1-2,5-8,14-15H,3-4,9-12H2. The van der Waals surface area contributed by atoms with E-state index in [0.717, 1.165) is 11.8 Å². The van der Waals surface area contributed by atoms with Gasteiger partial charge in [-0.25, -0.2) is 0 Å². The molecule has 0 radical (unpaired) electrons. The van der Waals surface area contributed by atoms with Gasteiger partial charge in [-0.05, 0) is 48.8 Å². The van der Waals surface area contributed by atoms with E-state index in [0.29, 0.717) is 0 Å². The van der Waals surface area contributed by atoms with Gasteiger partial charge in [-0.1, -0.05) is 40.2 Å². The van der Waals surface area contributed by atoms with Crippen LogP contribution in [0, 0.1) is 11.8 Å². The first-order valence-electron chi connectivity index (χ1n) is 6.93. The highest BCUT2D eigenvalue weighted by Gasteiger charge is 2.32. The fraction of sp³-hybridized carbons (Fsp3) is 0.500. The first-order chi connectivity index (χ1) is 8.81. The molecule has 0 bridgehead atoms. The van der Waals surface area contributed by atoms with Crippen molar-refractivity contribution in [2.75, 3.05) is 19.6 Å². The zero-order valence-corrected chi connectivity index (χ0v) is 12.3. The third kappa shape index (κ3) is 2.86. The number of benzene rings is 1. The van der Waals surface area contributed by atoms with E-state index < -0.39 is 0 Å². The minimum absolute atomic E-state index is 0.930. The lowest BCUT2D eigenvalue weighted by Crippen LogP contribution is -2.23. The summed E-state index contributed by atoms with van der Waals surface area (Å²) in [7, 11) is 0. The van der Waals surface area contributed by atoms with Gasteiger partial charge in [0.2, 0.25) is 0 Å². The van der Waals surface area contributed by atoms with Gasteiger partial charge in [0.15, 0.2) is 0 Å². The second-order valence-electron chi connectivity index (χ2n) is 5.60. The van der Waals surface area contributed by atoms with Crippen molar-refractivity contribution in [3.05, 3.63) is 46.5 Å². The number of fused-ring (bicyclic) bond motifs is 1. The zero-order chi connectivity index (χ0) is 12.4. The summed E-state index contributed by atoms with van der Waals surface area (Å²) in [6.45, 7) is 3.84. The molecule has 2 heteroatoms. The van der Waals surface area contributed by atoms with Crippen LogP contribution < -0.4 is 0 Å². The number of allylic oxidation sites excluding steroid dienone is 2. The number of halogens is 1. The molecule has 0 amide bonds. The Morgan fingerprint density at radius 3 is 2.22 bits per heavy atom. The molecule has 2 aliphatic rings. The monoisotopic (exact) mass is 305 g/mol. The van der Waals surface area contributed by atoms with Crippen LogP contribution >= 0.6 is 15.9 Å². The molecule has 1 aliphatic heterocycles. The lowest BCUT2D eigenvalue weighted by atomic mass is 9.86. The number of nitrogens with zero attached hydrogens (tertiary/aromatic N) is 1. The second kappa shape index (κ2) is 5.58. The SMILES string of the molecule is Brc1ccc(CCN2CC3CC=CCC3C2)cc1. The summed E-state index contributed by atoms with van der Waals surface area (Å²) in [6, 6.07) is 8.75. The molecule has 0 spiro atoms. The van der Waals surface area contributed by atoms with Gasteiger partial charge in [0.05, 0.1) is 0 Å². The van der Waals surface area contributed by atoms with Crippen LogP contribution in [0.25, 0.3) is 0 Å². The van der Waals surface area contributed by atoms with E-state index in [9.17, 15) is 0 Å². The third-order valence-electron chi connectivity index (χ3n) is 4.33. The Hall–Kier alpha value is -0.600. The van der Waals surface area contributed by atoms with Gasteiger partial charge in [0.25, 0.3) is 0 Å². The molecular weight excluding hydrogens is 286 g/mol. The number of hydrogen-bond acceptors (Lipinski definition) is 1. The fourth-order valence-electron chi connectivity index (χ4n) is 3.23. The van der Waals surface area contributed by atoms with Crippen molar-refractivity contribution in [3.8, 4) is 0 Å². The summed E-state index contributed by atoms with van der Waals surface area (Å²) in [6.07, 6.45) is 8.54. The third-order valence-corrected chi connectivity index (χ3v) is 4.86. The molecule has 1 nitrogen and oxygen atoms in total. The molecule has 2 atom stereocenters. The maximum Gasteiger partial charge on any atom is 0.0175 e. The quantitative estimate of drug-likeness (QED) is 0.766. The van der Waals surface area contributed by atoms with E-state index in [-0.39, 0.29) is 0 Å². The van der Waals surface area contributed by atoms with Gasteiger partial charge in [0.1, 0.15) is 0 Å². The maximum absolute atomic E-state index is 3.49. The average Bonchev–Trinajstić information content (AvgIpc) is 2.81. The van der Waals surface area contributed by atoms with Crippen molar-refractivity contribution in [2.45, 2.75) is 19.3 Å². The van der Waals surface area contributed by atoms with E-state index in [1.807, 2.05) is 0 Å². The molecule has 1 aromatic rings. The van der Waals surface area contributed by atoms with E-state index in [4.69, 9.17) is 0 Å². The molecule has 0 saturated carbocycles. The fourth-order valence-corrected chi connectivity index (χ4v) is 3.50. The van der Waals surface area contributed by atoms with Gasteiger partial charge in [0, 0.05) is 24.1 Å². The highest BCUT2D eigenvalue weighted by Crippen LogP contribution is 2.32. The van der Waals surface area contributed by atoms with Crippen molar-refractivity contribution in [1.29, 1.82) is 0 Å². The van der Waals surface area contributed by atoms with Crippen LogP contribution in [0.15, 0.2) is 40.9 Å². The van der Waals surface area contributed by atoms with Crippen LogP contribution in [0.2, 0.25) is 0 Å². The van der Waals surface area contributed by atoms with Crippen molar-refractivity contribution >= 4 is 15.9 Å². The summed E-state index contributed by atoms with van der Waals surface area (Å²) in [5, 5.41) is 0. The summed E-state index contributed by atoms with van der Waals surface area (Å²) in [5.74, 6) is 1.86. The van der Waals surface area contributed by atoms with Crippen LogP contribution in [0.3, 0.4) is 0 Å². The molecule has 0 aromatic heterocycles. The van der Waals surface area contributed by atoms with Crippen molar-refractivity contribution in [1.82, 2.24) is 4.90 Å². The summed E-state index contributed by atoms with van der Waals surface area (Å²) in [5.41, 5.74) is 1.45. The molecule has 3 rings (SSSR count). The Morgan fingerprint density at radius 2 is 1.61 bits per heavy atom. The predicted octanol–water partition coefficient (Wildman–Crippen LogP) is 3.89. The van der Waals surface area contributed by atoms with E-state index in [1.165, 1.54) is 48.9 Å². The number of likely N-dealkylation sites (tertiary alicyclic amines) is 1. The summed E-state index contributed by atoms with van der Waals surface area (Å²) < 4.78 is 1.17. The molecular formula is C16H20BrN. The first kappa shape index (κ1) is 12.4. The maximum atomic E-state index is 3.49. The highest BCUT2D eigenvalue weighted by atomic mass is 79.9. The molecule has 96 valence electrons. The van der Waals surface area contributed by atoms with E-state index >= 15 is 0 Å². The van der Waals surface area contributed by atoms with Gasteiger partial charge in [-0.15, -0.1) is 0 Å². The van der Waals surface area contributed by atoms with Gasteiger partial charge in [-0.2, -0.15) is 0 Å². The van der Waals surface area contributed by atoms with Crippen molar-refractivity contribution in [2.24, 2.45) is 11.8 Å². The van der Waals surface area contributed by atoms with Crippen LogP contribution in [-0.2, 0) is 6.42 Å². The lowest BCUT2D eigenvalue weighted by Gasteiger charge is -2.18. The molecule has 1 saturated heterocycles. The molecule has 1 fully saturated rings. The van der Waals surface area contributed by atoms with Crippen molar-refractivity contribution in [3.63, 3.8) is 0 Å². The van der Waals surface area contributed by atoms with Gasteiger partial charge >= 0.3 is 0 Å². The molecule has 1 heterocycles.